The van der Waals surface area contributed by atoms with Gasteiger partial charge in [-0.2, -0.15) is 0 Å². The fourth-order valence-electron chi connectivity index (χ4n) is 3.80. The Bertz CT molecular complexity index is 752. The van der Waals surface area contributed by atoms with Crippen molar-refractivity contribution in [3.63, 3.8) is 0 Å². The van der Waals surface area contributed by atoms with Gasteiger partial charge in [-0.05, 0) is 37.8 Å². The van der Waals surface area contributed by atoms with Gasteiger partial charge in [0.15, 0.2) is 5.79 Å². The average Bonchev–Trinajstić information content (AvgIpc) is 3.43. The highest BCUT2D eigenvalue weighted by atomic mass is 16.8. The van der Waals surface area contributed by atoms with Crippen molar-refractivity contribution < 1.29 is 28.5 Å². The van der Waals surface area contributed by atoms with Gasteiger partial charge < -0.3 is 23.7 Å². The van der Waals surface area contributed by atoms with Crippen molar-refractivity contribution in [3.8, 4) is 0 Å². The number of methoxy groups -OCH3 is 1. The summed E-state index contributed by atoms with van der Waals surface area (Å²) >= 11 is 0. The Morgan fingerprint density at radius 1 is 1.23 bits per heavy atom. The standard InChI is InChI=1S/C21H29N3O6/c1-21(2)29-17(12-23-24-22)19(30-21)18-16(28-18)11-15(20(25)26-3)9-10-27-13-14-7-5-4-6-8-14/h4-8,15-19H,9-13H2,1-3H3/t15-,16-,17-,18+,19-/m1/s1. The summed E-state index contributed by atoms with van der Waals surface area (Å²) in [5, 5.41) is 3.61. The predicted octanol–water partition coefficient (Wildman–Crippen LogP) is 3.37. The van der Waals surface area contributed by atoms with Crippen LogP contribution in [-0.4, -0.2) is 56.4 Å². The Hall–Kier alpha value is -2.16. The molecule has 164 valence electrons. The van der Waals surface area contributed by atoms with E-state index >= 15 is 0 Å². The smallest absolute Gasteiger partial charge is 0.308 e. The van der Waals surface area contributed by atoms with Crippen LogP contribution in [0.1, 0.15) is 32.3 Å². The molecule has 30 heavy (non-hydrogen) atoms. The molecule has 0 bridgehead atoms. The zero-order valence-corrected chi connectivity index (χ0v) is 17.6. The Morgan fingerprint density at radius 3 is 2.70 bits per heavy atom. The van der Waals surface area contributed by atoms with Gasteiger partial charge in [0.1, 0.15) is 12.2 Å². The van der Waals surface area contributed by atoms with E-state index in [-0.39, 0.29) is 42.8 Å². The van der Waals surface area contributed by atoms with Crippen LogP contribution in [0, 0.1) is 5.92 Å². The van der Waals surface area contributed by atoms with Crippen LogP contribution >= 0.6 is 0 Å². The van der Waals surface area contributed by atoms with Crippen LogP contribution in [0.15, 0.2) is 35.4 Å². The number of hydrogen-bond donors (Lipinski definition) is 0. The number of esters is 1. The molecule has 2 heterocycles. The molecule has 2 aliphatic rings. The molecule has 9 heteroatoms. The molecule has 3 rings (SSSR count). The van der Waals surface area contributed by atoms with Gasteiger partial charge in [-0.25, -0.2) is 0 Å². The van der Waals surface area contributed by atoms with Gasteiger partial charge in [0.25, 0.3) is 0 Å². The highest BCUT2D eigenvalue weighted by molar-refractivity contribution is 5.72. The van der Waals surface area contributed by atoms with Crippen LogP contribution in [0.4, 0.5) is 0 Å². The van der Waals surface area contributed by atoms with E-state index in [0.29, 0.717) is 26.1 Å². The summed E-state index contributed by atoms with van der Waals surface area (Å²) in [5.41, 5.74) is 9.69. The molecule has 0 spiro atoms. The highest BCUT2D eigenvalue weighted by Gasteiger charge is 2.55. The predicted molar refractivity (Wildman–Crippen MR) is 107 cm³/mol. The first-order valence-electron chi connectivity index (χ1n) is 10.1. The van der Waals surface area contributed by atoms with Crippen molar-refractivity contribution in [3.05, 3.63) is 46.3 Å². The Morgan fingerprint density at radius 2 is 2.00 bits per heavy atom. The number of benzene rings is 1. The number of carbonyl (C=O) groups is 1. The quantitative estimate of drug-likeness (QED) is 0.136. The minimum Gasteiger partial charge on any atom is -0.469 e. The first kappa shape index (κ1) is 22.5. The normalized spacial score (nSPS) is 27.8. The van der Waals surface area contributed by atoms with E-state index in [0.717, 1.165) is 5.56 Å². The third-order valence-corrected chi connectivity index (χ3v) is 5.27. The lowest BCUT2D eigenvalue weighted by atomic mass is 9.96. The molecule has 2 saturated heterocycles. The van der Waals surface area contributed by atoms with Crippen LogP contribution in [-0.2, 0) is 35.1 Å². The molecule has 0 amide bonds. The van der Waals surface area contributed by atoms with Crippen molar-refractivity contribution in [2.45, 2.75) is 63.5 Å². The summed E-state index contributed by atoms with van der Waals surface area (Å²) in [6.45, 7) is 4.75. The number of carbonyl (C=O) groups excluding carboxylic acids is 1. The summed E-state index contributed by atoms with van der Waals surface area (Å²) < 4.78 is 28.3. The van der Waals surface area contributed by atoms with E-state index in [9.17, 15) is 4.79 Å². The van der Waals surface area contributed by atoms with Crippen molar-refractivity contribution in [2.75, 3.05) is 20.3 Å². The molecule has 0 N–H and O–H groups in total. The summed E-state index contributed by atoms with van der Waals surface area (Å²) in [6.07, 6.45) is -0.00959. The zero-order chi connectivity index (χ0) is 21.6. The molecule has 0 aliphatic carbocycles. The fourth-order valence-corrected chi connectivity index (χ4v) is 3.80. The Balaban J connectivity index is 1.49. The topological polar surface area (TPSA) is 115 Å². The maximum atomic E-state index is 12.2. The second-order valence-corrected chi connectivity index (χ2v) is 7.97. The van der Waals surface area contributed by atoms with E-state index in [4.69, 9.17) is 29.2 Å². The first-order chi connectivity index (χ1) is 14.4. The lowest BCUT2D eigenvalue weighted by Crippen LogP contribution is -2.32. The van der Waals surface area contributed by atoms with Crippen LogP contribution in [0.3, 0.4) is 0 Å². The maximum Gasteiger partial charge on any atom is 0.308 e. The number of hydrogen-bond acceptors (Lipinski definition) is 7. The Kier molecular flexibility index (Phi) is 7.69. The van der Waals surface area contributed by atoms with Crippen LogP contribution in [0.2, 0.25) is 0 Å². The van der Waals surface area contributed by atoms with E-state index in [1.54, 1.807) is 0 Å². The van der Waals surface area contributed by atoms with E-state index in [2.05, 4.69) is 10.0 Å². The second-order valence-electron chi connectivity index (χ2n) is 7.97. The number of nitrogens with zero attached hydrogens (tertiary/aromatic N) is 3. The average molecular weight is 419 g/mol. The van der Waals surface area contributed by atoms with Gasteiger partial charge in [-0.1, -0.05) is 35.4 Å². The number of azide groups is 1. The van der Waals surface area contributed by atoms with Crippen LogP contribution in [0.5, 0.6) is 0 Å². The SMILES string of the molecule is COC(=O)[C@H](CCOCc1ccccc1)C[C@H]1O[C@@H]1[C@@H]1OC(C)(C)O[C@@H]1CN=[N+]=[N-]. The molecule has 1 aromatic carbocycles. The minimum atomic E-state index is -0.774. The van der Waals surface area contributed by atoms with Crippen molar-refractivity contribution in [2.24, 2.45) is 11.0 Å². The monoisotopic (exact) mass is 419 g/mol. The van der Waals surface area contributed by atoms with Crippen molar-refractivity contribution in [1.82, 2.24) is 0 Å². The lowest BCUT2D eigenvalue weighted by Gasteiger charge is -2.16. The highest BCUT2D eigenvalue weighted by Crippen LogP contribution is 2.41. The molecular formula is C21H29N3O6. The van der Waals surface area contributed by atoms with Crippen LogP contribution in [0.25, 0.3) is 10.4 Å². The van der Waals surface area contributed by atoms with Crippen molar-refractivity contribution in [1.29, 1.82) is 0 Å². The molecule has 9 nitrogen and oxygen atoms in total. The molecule has 0 saturated carbocycles. The van der Waals surface area contributed by atoms with E-state index in [1.165, 1.54) is 7.11 Å². The molecule has 0 unspecified atom stereocenters. The van der Waals surface area contributed by atoms with Gasteiger partial charge in [-0.15, -0.1) is 0 Å². The first-order valence-corrected chi connectivity index (χ1v) is 10.1. The number of ether oxygens (including phenoxy) is 5. The molecule has 0 aromatic heterocycles. The van der Waals surface area contributed by atoms with E-state index in [1.807, 2.05) is 44.2 Å². The van der Waals surface area contributed by atoms with Gasteiger partial charge in [0, 0.05) is 11.5 Å². The zero-order valence-electron chi connectivity index (χ0n) is 17.6. The number of rotatable bonds is 11. The molecule has 2 aliphatic heterocycles. The van der Waals surface area contributed by atoms with E-state index < -0.39 is 5.79 Å². The van der Waals surface area contributed by atoms with Gasteiger partial charge in [-0.3, -0.25) is 4.79 Å². The van der Waals surface area contributed by atoms with Gasteiger partial charge >= 0.3 is 5.97 Å². The maximum absolute atomic E-state index is 12.2. The van der Waals surface area contributed by atoms with Gasteiger partial charge in [0.2, 0.25) is 0 Å². The molecule has 0 radical (unpaired) electrons. The minimum absolute atomic E-state index is 0.140. The molecule has 1 aromatic rings. The fraction of sp³-hybridized carbons (Fsp3) is 0.667. The molecule has 5 atom stereocenters. The van der Waals surface area contributed by atoms with Gasteiger partial charge in [0.05, 0.1) is 38.4 Å². The lowest BCUT2D eigenvalue weighted by molar-refractivity contribution is -0.147. The number of epoxide rings is 1. The van der Waals surface area contributed by atoms with Crippen LogP contribution < -0.4 is 0 Å². The molecule has 2 fully saturated rings. The largest absolute Gasteiger partial charge is 0.469 e. The summed E-state index contributed by atoms with van der Waals surface area (Å²) in [7, 11) is 1.39. The molecular weight excluding hydrogens is 390 g/mol. The Labute approximate surface area is 176 Å². The summed E-state index contributed by atoms with van der Waals surface area (Å²) in [6, 6.07) is 9.88. The summed E-state index contributed by atoms with van der Waals surface area (Å²) in [4.78, 5) is 15.0. The third-order valence-electron chi connectivity index (χ3n) is 5.27. The van der Waals surface area contributed by atoms with Crippen molar-refractivity contribution >= 4 is 5.97 Å². The second kappa shape index (κ2) is 10.2. The summed E-state index contributed by atoms with van der Waals surface area (Å²) in [5.74, 6) is -1.38. The third kappa shape index (κ3) is 6.17.